The van der Waals surface area contributed by atoms with Crippen LogP contribution in [0.25, 0.3) is 0 Å². The average Bonchev–Trinajstić information content (AvgIpc) is 2.72. The highest BCUT2D eigenvalue weighted by molar-refractivity contribution is 5.86. The molecule has 0 heterocycles. The first-order valence-corrected chi connectivity index (χ1v) is 9.90. The summed E-state index contributed by atoms with van der Waals surface area (Å²) in [5, 5.41) is 15.1. The number of ether oxygens (including phenoxy) is 1. The van der Waals surface area contributed by atoms with Crippen LogP contribution in [0.2, 0.25) is 0 Å². The number of aliphatic hydroxyl groups is 1. The molecule has 0 fully saturated rings. The molecule has 2 amide bonds. The van der Waals surface area contributed by atoms with Crippen molar-refractivity contribution in [1.82, 2.24) is 10.6 Å². The lowest BCUT2D eigenvalue weighted by Crippen LogP contribution is -2.51. The first-order chi connectivity index (χ1) is 14.0. The third-order valence-corrected chi connectivity index (χ3v) is 4.43. The Bertz CT molecular complexity index is 750. The highest BCUT2D eigenvalue weighted by Crippen LogP contribution is 2.08. The van der Waals surface area contributed by atoms with Crippen molar-refractivity contribution < 1.29 is 19.4 Å². The van der Waals surface area contributed by atoms with Crippen molar-refractivity contribution in [1.29, 1.82) is 0 Å². The number of alkyl carbamates (subject to hydrolysis) is 1. The van der Waals surface area contributed by atoms with Crippen LogP contribution in [0.4, 0.5) is 4.79 Å². The number of hydrogen-bond acceptors (Lipinski definition) is 4. The molecule has 0 aliphatic rings. The average molecular weight is 399 g/mol. The summed E-state index contributed by atoms with van der Waals surface area (Å²) in [7, 11) is 0. The predicted molar refractivity (Wildman–Crippen MR) is 112 cm³/mol. The molecule has 0 aliphatic heterocycles. The first-order valence-electron chi connectivity index (χ1n) is 9.90. The van der Waals surface area contributed by atoms with E-state index in [2.05, 4.69) is 10.6 Å². The maximum atomic E-state index is 12.8. The third kappa shape index (κ3) is 8.35. The van der Waals surface area contributed by atoms with Gasteiger partial charge in [-0.3, -0.25) is 4.79 Å². The molecule has 2 unspecified atom stereocenters. The van der Waals surface area contributed by atoms with Crippen LogP contribution >= 0.6 is 0 Å². The van der Waals surface area contributed by atoms with Gasteiger partial charge in [0.2, 0.25) is 5.91 Å². The molecule has 6 heteroatoms. The molecule has 2 aromatic rings. The van der Waals surface area contributed by atoms with Gasteiger partial charge in [0, 0.05) is 6.42 Å². The smallest absolute Gasteiger partial charge is 0.408 e. The zero-order valence-electron chi connectivity index (χ0n) is 17.0. The van der Waals surface area contributed by atoms with Crippen LogP contribution in [-0.2, 0) is 22.6 Å². The minimum Gasteiger partial charge on any atom is -0.445 e. The van der Waals surface area contributed by atoms with E-state index in [-0.39, 0.29) is 25.2 Å². The Balaban J connectivity index is 2.01. The summed E-state index contributed by atoms with van der Waals surface area (Å²) in [6, 6.07) is 17.6. The predicted octanol–water partition coefficient (Wildman–Crippen LogP) is 3.05. The summed E-state index contributed by atoms with van der Waals surface area (Å²) >= 11 is 0. The maximum Gasteiger partial charge on any atom is 0.408 e. The molecular formula is C23H30N2O4. The van der Waals surface area contributed by atoms with E-state index < -0.39 is 12.1 Å². The Kier molecular flexibility index (Phi) is 9.18. The number of hydrogen-bond donors (Lipinski definition) is 3. The minimum atomic E-state index is -0.804. The molecule has 2 atom stereocenters. The van der Waals surface area contributed by atoms with Crippen molar-refractivity contribution in [3.63, 3.8) is 0 Å². The normalized spacial score (nSPS) is 12.8. The van der Waals surface area contributed by atoms with Gasteiger partial charge in [0.1, 0.15) is 12.6 Å². The van der Waals surface area contributed by atoms with Crippen LogP contribution in [0.5, 0.6) is 0 Å². The van der Waals surface area contributed by atoms with Crippen molar-refractivity contribution in [3.05, 3.63) is 71.8 Å². The molecule has 0 radical (unpaired) electrons. The maximum absolute atomic E-state index is 12.8. The number of benzene rings is 2. The highest BCUT2D eigenvalue weighted by atomic mass is 16.5. The Hall–Kier alpha value is -2.86. The Morgan fingerprint density at radius 3 is 2.07 bits per heavy atom. The fourth-order valence-corrected chi connectivity index (χ4v) is 3.02. The van der Waals surface area contributed by atoms with Crippen LogP contribution in [0, 0.1) is 5.92 Å². The summed E-state index contributed by atoms with van der Waals surface area (Å²) < 4.78 is 5.26. The number of rotatable bonds is 10. The van der Waals surface area contributed by atoms with Crippen LogP contribution in [0.3, 0.4) is 0 Å². The molecule has 0 aliphatic carbocycles. The van der Waals surface area contributed by atoms with Crippen LogP contribution in [0.15, 0.2) is 60.7 Å². The number of carbonyl (C=O) groups excluding carboxylic acids is 2. The second-order valence-electron chi connectivity index (χ2n) is 7.47. The monoisotopic (exact) mass is 398 g/mol. The molecule has 0 saturated heterocycles. The second-order valence-corrected chi connectivity index (χ2v) is 7.47. The lowest BCUT2D eigenvalue weighted by molar-refractivity contribution is -0.124. The molecule has 0 saturated carbocycles. The Morgan fingerprint density at radius 2 is 1.52 bits per heavy atom. The van der Waals surface area contributed by atoms with Crippen molar-refractivity contribution in [2.24, 2.45) is 5.92 Å². The van der Waals surface area contributed by atoms with E-state index in [0.29, 0.717) is 18.8 Å². The molecule has 156 valence electrons. The molecule has 0 bridgehead atoms. The largest absolute Gasteiger partial charge is 0.445 e. The molecular weight excluding hydrogens is 368 g/mol. The van der Waals surface area contributed by atoms with E-state index in [1.54, 1.807) is 0 Å². The lowest BCUT2D eigenvalue weighted by Gasteiger charge is -2.23. The van der Waals surface area contributed by atoms with E-state index >= 15 is 0 Å². The number of aliphatic hydroxyl groups excluding tert-OH is 1. The molecule has 2 rings (SSSR count). The zero-order valence-corrected chi connectivity index (χ0v) is 17.0. The van der Waals surface area contributed by atoms with Crippen molar-refractivity contribution >= 4 is 12.0 Å². The summed E-state index contributed by atoms with van der Waals surface area (Å²) in [5.74, 6) is -0.0194. The zero-order chi connectivity index (χ0) is 21.1. The van der Waals surface area contributed by atoms with Crippen LogP contribution < -0.4 is 10.6 Å². The summed E-state index contributed by atoms with van der Waals surface area (Å²) in [6.07, 6.45) is 0.320. The highest BCUT2D eigenvalue weighted by Gasteiger charge is 2.24. The van der Waals surface area contributed by atoms with E-state index in [1.165, 1.54) is 0 Å². The van der Waals surface area contributed by atoms with E-state index in [1.807, 2.05) is 74.5 Å². The number of carbonyl (C=O) groups is 2. The molecule has 6 nitrogen and oxygen atoms in total. The van der Waals surface area contributed by atoms with Gasteiger partial charge in [0.15, 0.2) is 0 Å². The topological polar surface area (TPSA) is 87.7 Å². The van der Waals surface area contributed by atoms with E-state index in [9.17, 15) is 14.7 Å². The van der Waals surface area contributed by atoms with E-state index in [4.69, 9.17) is 4.74 Å². The van der Waals surface area contributed by atoms with Gasteiger partial charge in [-0.05, 0) is 23.5 Å². The van der Waals surface area contributed by atoms with Crippen molar-refractivity contribution in [2.75, 3.05) is 6.61 Å². The third-order valence-electron chi connectivity index (χ3n) is 4.43. The van der Waals surface area contributed by atoms with Gasteiger partial charge in [-0.2, -0.15) is 0 Å². The van der Waals surface area contributed by atoms with Gasteiger partial charge >= 0.3 is 6.09 Å². The van der Waals surface area contributed by atoms with Crippen molar-refractivity contribution in [2.45, 2.75) is 45.4 Å². The minimum absolute atomic E-state index is 0.124. The molecule has 3 N–H and O–H groups in total. The Morgan fingerprint density at radius 1 is 0.931 bits per heavy atom. The summed E-state index contributed by atoms with van der Waals surface area (Å²) in [6.45, 7) is 4.02. The molecule has 0 aromatic heterocycles. The van der Waals surface area contributed by atoms with Crippen LogP contribution in [0.1, 0.15) is 31.4 Å². The molecule has 29 heavy (non-hydrogen) atoms. The fraction of sp³-hybridized carbons (Fsp3) is 0.391. The second kappa shape index (κ2) is 11.9. The first kappa shape index (κ1) is 22.4. The van der Waals surface area contributed by atoms with Gasteiger partial charge in [-0.25, -0.2) is 4.79 Å². The lowest BCUT2D eigenvalue weighted by atomic mass is 10.0. The quantitative estimate of drug-likeness (QED) is 0.574. The molecule has 0 spiro atoms. The van der Waals surface area contributed by atoms with Crippen molar-refractivity contribution in [3.8, 4) is 0 Å². The van der Waals surface area contributed by atoms with Gasteiger partial charge in [0.25, 0.3) is 0 Å². The van der Waals surface area contributed by atoms with Crippen LogP contribution in [-0.4, -0.2) is 35.8 Å². The SMILES string of the molecule is CC(C)CC(CO)NC(=O)C(Cc1ccccc1)NC(=O)OCc1ccccc1. The Labute approximate surface area is 172 Å². The van der Waals surface area contributed by atoms with E-state index in [0.717, 1.165) is 11.1 Å². The van der Waals surface area contributed by atoms with Gasteiger partial charge < -0.3 is 20.5 Å². The fourth-order valence-electron chi connectivity index (χ4n) is 3.02. The standard InChI is InChI=1S/C23H30N2O4/c1-17(2)13-20(15-26)24-22(27)21(14-18-9-5-3-6-10-18)25-23(28)29-16-19-11-7-4-8-12-19/h3-12,17,20-21,26H,13-16H2,1-2H3,(H,24,27)(H,25,28). The van der Waals surface area contributed by atoms with Gasteiger partial charge in [0.05, 0.1) is 12.6 Å². The van der Waals surface area contributed by atoms with Gasteiger partial charge in [-0.15, -0.1) is 0 Å². The summed E-state index contributed by atoms with van der Waals surface area (Å²) in [5.41, 5.74) is 1.78. The summed E-state index contributed by atoms with van der Waals surface area (Å²) in [4.78, 5) is 25.1. The number of nitrogens with one attached hydrogen (secondary N) is 2. The molecule has 2 aromatic carbocycles. The number of amides is 2. The van der Waals surface area contributed by atoms with Gasteiger partial charge in [-0.1, -0.05) is 74.5 Å².